The number of thiophene rings is 1. The molecule has 5 heteroatoms. The van der Waals surface area contributed by atoms with Crippen LogP contribution in [0.3, 0.4) is 0 Å². The average Bonchev–Trinajstić information content (AvgIpc) is 2.73. The molecule has 0 fully saturated rings. The molecule has 106 valence electrons. The third kappa shape index (κ3) is 5.35. The van der Waals surface area contributed by atoms with E-state index in [1.165, 1.54) is 0 Å². The van der Waals surface area contributed by atoms with E-state index in [2.05, 4.69) is 11.5 Å². The van der Waals surface area contributed by atoms with E-state index in [0.29, 0.717) is 13.1 Å². The van der Waals surface area contributed by atoms with Gasteiger partial charge in [-0.05, 0) is 26.0 Å². The molecule has 3 nitrogen and oxygen atoms in total. The molecule has 0 spiro atoms. The van der Waals surface area contributed by atoms with Crippen molar-refractivity contribution in [2.24, 2.45) is 0 Å². The molecular weight excluding hydrogens is 280 g/mol. The van der Waals surface area contributed by atoms with Gasteiger partial charge in [-0.2, -0.15) is 0 Å². The second-order valence-electron chi connectivity index (χ2n) is 4.76. The summed E-state index contributed by atoms with van der Waals surface area (Å²) in [5.74, 6) is 0.125. The fraction of sp³-hybridized carbons (Fsp3) is 0.500. The fourth-order valence-electron chi connectivity index (χ4n) is 1.62. The molecule has 0 atom stereocenters. The van der Waals surface area contributed by atoms with E-state index >= 15 is 0 Å². The number of nitrogens with zero attached hydrogens (tertiary/aromatic N) is 2. The Hall–Kier alpha value is -0.840. The van der Waals surface area contributed by atoms with Gasteiger partial charge in [0, 0.05) is 31.1 Å². The van der Waals surface area contributed by atoms with Crippen LogP contribution in [-0.2, 0) is 11.3 Å². The van der Waals surface area contributed by atoms with Crippen LogP contribution in [0.5, 0.6) is 0 Å². The van der Waals surface area contributed by atoms with Crippen molar-refractivity contribution in [1.82, 2.24) is 9.80 Å². The topological polar surface area (TPSA) is 23.6 Å². The molecule has 0 aliphatic heterocycles. The minimum absolute atomic E-state index is 0.125. The van der Waals surface area contributed by atoms with Gasteiger partial charge in [0.05, 0.1) is 10.9 Å². The molecule has 1 heterocycles. The number of hydrogen-bond donors (Lipinski definition) is 0. The van der Waals surface area contributed by atoms with E-state index < -0.39 is 0 Å². The number of halogens is 1. The lowest BCUT2D eigenvalue weighted by molar-refractivity contribution is -0.132. The highest BCUT2D eigenvalue weighted by atomic mass is 35.5. The summed E-state index contributed by atoms with van der Waals surface area (Å²) in [4.78, 5) is 17.1. The molecule has 0 saturated carbocycles. The lowest BCUT2D eigenvalue weighted by Crippen LogP contribution is -2.41. The van der Waals surface area contributed by atoms with Crippen LogP contribution in [0.4, 0.5) is 0 Å². The average molecular weight is 301 g/mol. The van der Waals surface area contributed by atoms with Crippen LogP contribution in [0.15, 0.2) is 24.8 Å². The maximum atomic E-state index is 12.1. The molecule has 1 amide bonds. The summed E-state index contributed by atoms with van der Waals surface area (Å²) >= 11 is 7.47. The maximum Gasteiger partial charge on any atom is 0.236 e. The summed E-state index contributed by atoms with van der Waals surface area (Å²) in [5, 5.41) is 0. The van der Waals surface area contributed by atoms with Crippen molar-refractivity contribution in [3.8, 4) is 0 Å². The van der Waals surface area contributed by atoms with Gasteiger partial charge in [-0.25, -0.2) is 0 Å². The van der Waals surface area contributed by atoms with Gasteiger partial charge in [0.25, 0.3) is 0 Å². The lowest BCUT2D eigenvalue weighted by atomic mass is 10.3. The van der Waals surface area contributed by atoms with Crippen LogP contribution in [0.1, 0.15) is 18.7 Å². The summed E-state index contributed by atoms with van der Waals surface area (Å²) in [7, 11) is 1.83. The van der Waals surface area contributed by atoms with Gasteiger partial charge < -0.3 is 4.90 Å². The fourth-order valence-corrected chi connectivity index (χ4v) is 2.75. The first-order valence-corrected chi connectivity index (χ1v) is 7.46. The van der Waals surface area contributed by atoms with Gasteiger partial charge >= 0.3 is 0 Å². The van der Waals surface area contributed by atoms with Crippen molar-refractivity contribution in [3.05, 3.63) is 34.0 Å². The molecule has 19 heavy (non-hydrogen) atoms. The van der Waals surface area contributed by atoms with E-state index in [0.717, 1.165) is 15.8 Å². The van der Waals surface area contributed by atoms with Gasteiger partial charge in [-0.15, -0.1) is 17.9 Å². The monoisotopic (exact) mass is 300 g/mol. The van der Waals surface area contributed by atoms with Crippen molar-refractivity contribution in [3.63, 3.8) is 0 Å². The Labute approximate surface area is 124 Å². The predicted octanol–water partition coefficient (Wildman–Crippen LogP) is 3.26. The Morgan fingerprint density at radius 2 is 2.21 bits per heavy atom. The SMILES string of the molecule is C=CCN(CC(=O)N(C)C(C)C)Cc1ccc(Cl)s1. The maximum absolute atomic E-state index is 12.1. The molecule has 0 bridgehead atoms. The predicted molar refractivity (Wildman–Crippen MR) is 82.7 cm³/mol. The summed E-state index contributed by atoms with van der Waals surface area (Å²) in [6, 6.07) is 4.10. The zero-order valence-electron chi connectivity index (χ0n) is 11.7. The van der Waals surface area contributed by atoms with Crippen LogP contribution >= 0.6 is 22.9 Å². The zero-order chi connectivity index (χ0) is 14.4. The van der Waals surface area contributed by atoms with Gasteiger partial charge in [0.2, 0.25) is 5.91 Å². The minimum Gasteiger partial charge on any atom is -0.342 e. The summed E-state index contributed by atoms with van der Waals surface area (Å²) < 4.78 is 0.777. The number of rotatable bonds is 7. The van der Waals surface area contributed by atoms with Crippen LogP contribution in [-0.4, -0.2) is 41.9 Å². The first kappa shape index (κ1) is 16.2. The summed E-state index contributed by atoms with van der Waals surface area (Å²) in [5.41, 5.74) is 0. The first-order chi connectivity index (χ1) is 8.93. The van der Waals surface area contributed by atoms with E-state index in [1.54, 1.807) is 16.2 Å². The molecule has 0 N–H and O–H groups in total. The van der Waals surface area contributed by atoms with Crippen LogP contribution in [0.2, 0.25) is 4.34 Å². The molecule has 0 unspecified atom stereocenters. The standard InChI is InChI=1S/C14H21ClN2OS/c1-5-8-17(9-12-6-7-13(15)19-12)10-14(18)16(4)11(2)3/h5-7,11H,1,8-10H2,2-4H3. The number of likely N-dealkylation sites (N-methyl/N-ethyl adjacent to an activating group) is 1. The van der Waals surface area contributed by atoms with Crippen molar-refractivity contribution >= 4 is 28.8 Å². The van der Waals surface area contributed by atoms with Crippen molar-refractivity contribution in [1.29, 1.82) is 0 Å². The molecule has 1 rings (SSSR count). The summed E-state index contributed by atoms with van der Waals surface area (Å²) in [6.45, 7) is 9.57. The van der Waals surface area contributed by atoms with Gasteiger partial charge in [0.1, 0.15) is 0 Å². The number of amides is 1. The Morgan fingerprint density at radius 1 is 1.53 bits per heavy atom. The highest BCUT2D eigenvalue weighted by molar-refractivity contribution is 7.16. The van der Waals surface area contributed by atoms with Crippen LogP contribution < -0.4 is 0 Å². The molecule has 1 aromatic heterocycles. The number of carbonyl (C=O) groups excluding carboxylic acids is 1. The smallest absolute Gasteiger partial charge is 0.236 e. The lowest BCUT2D eigenvalue weighted by Gasteiger charge is -2.26. The highest BCUT2D eigenvalue weighted by Gasteiger charge is 2.16. The zero-order valence-corrected chi connectivity index (χ0v) is 13.3. The van der Waals surface area contributed by atoms with Crippen molar-refractivity contribution in [2.75, 3.05) is 20.1 Å². The molecule has 0 saturated heterocycles. The molecule has 0 aromatic carbocycles. The second kappa shape index (κ2) is 7.68. The Kier molecular flexibility index (Phi) is 6.55. The van der Waals surface area contributed by atoms with Crippen molar-refractivity contribution < 1.29 is 4.79 Å². The van der Waals surface area contributed by atoms with Gasteiger partial charge in [-0.3, -0.25) is 9.69 Å². The molecule has 0 aliphatic rings. The summed E-state index contributed by atoms with van der Waals surface area (Å²) in [6.07, 6.45) is 1.82. The Morgan fingerprint density at radius 3 is 2.68 bits per heavy atom. The minimum atomic E-state index is 0.125. The number of carbonyl (C=O) groups is 1. The van der Waals surface area contributed by atoms with E-state index in [-0.39, 0.29) is 11.9 Å². The number of hydrogen-bond acceptors (Lipinski definition) is 3. The molecule has 0 radical (unpaired) electrons. The van der Waals surface area contributed by atoms with E-state index in [1.807, 2.05) is 39.1 Å². The quantitative estimate of drug-likeness (QED) is 0.722. The molecular formula is C14H21ClN2OS. The third-order valence-electron chi connectivity index (χ3n) is 2.92. The van der Waals surface area contributed by atoms with Crippen LogP contribution in [0.25, 0.3) is 0 Å². The van der Waals surface area contributed by atoms with Gasteiger partial charge in [-0.1, -0.05) is 17.7 Å². The molecule has 1 aromatic rings. The van der Waals surface area contributed by atoms with Crippen LogP contribution in [0, 0.1) is 0 Å². The van der Waals surface area contributed by atoms with E-state index in [4.69, 9.17) is 11.6 Å². The molecule has 0 aliphatic carbocycles. The third-order valence-corrected chi connectivity index (χ3v) is 4.14. The normalized spacial score (nSPS) is 11.1. The van der Waals surface area contributed by atoms with Crippen molar-refractivity contribution in [2.45, 2.75) is 26.4 Å². The first-order valence-electron chi connectivity index (χ1n) is 6.27. The highest BCUT2D eigenvalue weighted by Crippen LogP contribution is 2.22. The van der Waals surface area contributed by atoms with E-state index in [9.17, 15) is 4.79 Å². The van der Waals surface area contributed by atoms with Gasteiger partial charge in [0.15, 0.2) is 0 Å². The Bertz CT molecular complexity index is 431. The Balaban J connectivity index is 2.62. The largest absolute Gasteiger partial charge is 0.342 e. The second-order valence-corrected chi connectivity index (χ2v) is 6.56.